The highest BCUT2D eigenvalue weighted by Crippen LogP contribution is 2.26. The minimum Gasteiger partial charge on any atom is -0.457 e. The van der Waals surface area contributed by atoms with E-state index in [-0.39, 0.29) is 5.89 Å². The van der Waals surface area contributed by atoms with Crippen molar-refractivity contribution >= 4 is 6.09 Å². The third-order valence-corrected chi connectivity index (χ3v) is 3.40. The molecule has 0 aliphatic heterocycles. The smallest absolute Gasteiger partial charge is 0.407 e. The van der Waals surface area contributed by atoms with Gasteiger partial charge in [0.15, 0.2) is 0 Å². The van der Waals surface area contributed by atoms with E-state index in [0.29, 0.717) is 11.6 Å². The van der Waals surface area contributed by atoms with E-state index in [1.165, 1.54) is 7.11 Å². The fourth-order valence-electron chi connectivity index (χ4n) is 2.15. The average Bonchev–Trinajstić information content (AvgIpc) is 3.13. The lowest BCUT2D eigenvalue weighted by Crippen LogP contribution is -2.26. The molecule has 3 aromatic rings. The van der Waals surface area contributed by atoms with Crippen molar-refractivity contribution in [1.82, 2.24) is 15.5 Å². The van der Waals surface area contributed by atoms with Crippen molar-refractivity contribution in [2.75, 3.05) is 7.11 Å². The lowest BCUT2D eigenvalue weighted by atomic mass is 10.2. The Balaban J connectivity index is 1.76. The van der Waals surface area contributed by atoms with Gasteiger partial charge in [-0.1, -0.05) is 35.5 Å². The van der Waals surface area contributed by atoms with Crippen LogP contribution < -0.4 is 10.1 Å². The van der Waals surface area contributed by atoms with Gasteiger partial charge in [-0.25, -0.2) is 4.79 Å². The van der Waals surface area contributed by atoms with E-state index in [9.17, 15) is 4.79 Å². The van der Waals surface area contributed by atoms with Crippen molar-refractivity contribution in [3.05, 3.63) is 60.5 Å². The second-order valence-electron chi connectivity index (χ2n) is 5.26. The monoisotopic (exact) mass is 339 g/mol. The number of carbonyl (C=O) groups excluding carboxylic acids is 1. The Morgan fingerprint density at radius 1 is 1.12 bits per heavy atom. The van der Waals surface area contributed by atoms with Gasteiger partial charge in [0.1, 0.15) is 17.5 Å². The number of hydrogen-bond donors (Lipinski definition) is 1. The number of carbonyl (C=O) groups is 1. The second-order valence-corrected chi connectivity index (χ2v) is 5.26. The molecule has 0 unspecified atom stereocenters. The summed E-state index contributed by atoms with van der Waals surface area (Å²) < 4.78 is 15.6. The lowest BCUT2D eigenvalue weighted by molar-refractivity contribution is 0.165. The van der Waals surface area contributed by atoms with E-state index in [1.807, 2.05) is 54.6 Å². The first-order chi connectivity index (χ1) is 12.2. The van der Waals surface area contributed by atoms with Crippen molar-refractivity contribution in [1.29, 1.82) is 0 Å². The Morgan fingerprint density at radius 3 is 2.64 bits per heavy atom. The maximum absolute atomic E-state index is 11.3. The van der Waals surface area contributed by atoms with E-state index >= 15 is 0 Å². The normalized spacial score (nSPS) is 11.6. The van der Waals surface area contributed by atoms with Crippen LogP contribution in [-0.4, -0.2) is 23.3 Å². The first kappa shape index (κ1) is 16.5. The molecule has 7 heteroatoms. The van der Waals surface area contributed by atoms with Gasteiger partial charge in [0.25, 0.3) is 0 Å². The molecule has 128 valence electrons. The van der Waals surface area contributed by atoms with Crippen LogP contribution in [0.25, 0.3) is 11.4 Å². The van der Waals surface area contributed by atoms with Gasteiger partial charge in [-0.05, 0) is 31.2 Å². The molecule has 1 heterocycles. The van der Waals surface area contributed by atoms with Gasteiger partial charge in [0.05, 0.1) is 7.11 Å². The topological polar surface area (TPSA) is 86.5 Å². The summed E-state index contributed by atoms with van der Waals surface area (Å²) in [5.41, 5.74) is 0.744. The predicted molar refractivity (Wildman–Crippen MR) is 90.2 cm³/mol. The lowest BCUT2D eigenvalue weighted by Gasteiger charge is -2.07. The summed E-state index contributed by atoms with van der Waals surface area (Å²) in [4.78, 5) is 15.6. The number of methoxy groups -OCH3 is 1. The van der Waals surface area contributed by atoms with Gasteiger partial charge in [-0.15, -0.1) is 0 Å². The molecule has 0 spiro atoms. The molecule has 1 amide bonds. The molecule has 0 saturated carbocycles. The molecule has 0 bridgehead atoms. The summed E-state index contributed by atoms with van der Waals surface area (Å²) in [6.45, 7) is 1.73. The van der Waals surface area contributed by atoms with Gasteiger partial charge in [0, 0.05) is 5.56 Å². The highest BCUT2D eigenvalue weighted by atomic mass is 16.5. The molecule has 1 aromatic heterocycles. The van der Waals surface area contributed by atoms with E-state index in [1.54, 1.807) is 6.92 Å². The van der Waals surface area contributed by atoms with Crippen LogP contribution in [0.1, 0.15) is 18.9 Å². The molecule has 0 aliphatic rings. The van der Waals surface area contributed by atoms with Gasteiger partial charge in [-0.2, -0.15) is 4.98 Å². The molecule has 0 fully saturated rings. The first-order valence-corrected chi connectivity index (χ1v) is 7.67. The molecule has 0 radical (unpaired) electrons. The fourth-order valence-corrected chi connectivity index (χ4v) is 2.15. The minimum absolute atomic E-state index is 0.287. The van der Waals surface area contributed by atoms with Crippen molar-refractivity contribution in [3.63, 3.8) is 0 Å². The Morgan fingerprint density at radius 2 is 1.88 bits per heavy atom. The molecule has 3 rings (SSSR count). The number of amides is 1. The van der Waals surface area contributed by atoms with Crippen LogP contribution in [-0.2, 0) is 4.74 Å². The highest BCUT2D eigenvalue weighted by Gasteiger charge is 2.17. The standard InChI is InChI=1S/C18H17N3O4/c1-12(19-18(22)23-2)17-20-16(21-25-17)13-7-6-10-15(11-13)24-14-8-4-3-5-9-14/h3-12H,1-2H3,(H,19,22)/t12-/m0/s1. The zero-order chi connectivity index (χ0) is 17.6. The summed E-state index contributed by atoms with van der Waals surface area (Å²) in [7, 11) is 1.29. The quantitative estimate of drug-likeness (QED) is 0.757. The SMILES string of the molecule is COC(=O)N[C@@H](C)c1nc(-c2cccc(Oc3ccccc3)c2)no1. The average molecular weight is 339 g/mol. The number of aromatic nitrogens is 2. The molecular weight excluding hydrogens is 322 g/mol. The zero-order valence-electron chi connectivity index (χ0n) is 13.8. The maximum Gasteiger partial charge on any atom is 0.407 e. The van der Waals surface area contributed by atoms with Crippen molar-refractivity contribution < 1.29 is 18.8 Å². The van der Waals surface area contributed by atoms with Gasteiger partial charge in [0.2, 0.25) is 11.7 Å². The van der Waals surface area contributed by atoms with E-state index in [4.69, 9.17) is 9.26 Å². The van der Waals surface area contributed by atoms with Crippen LogP contribution in [0.3, 0.4) is 0 Å². The summed E-state index contributed by atoms with van der Waals surface area (Å²) in [5, 5.41) is 6.53. The molecule has 1 N–H and O–H groups in total. The Kier molecular flexibility index (Phi) is 4.94. The molecule has 1 atom stereocenters. The number of ether oxygens (including phenoxy) is 2. The number of nitrogens with zero attached hydrogens (tertiary/aromatic N) is 2. The maximum atomic E-state index is 11.3. The van der Waals surface area contributed by atoms with E-state index < -0.39 is 12.1 Å². The first-order valence-electron chi connectivity index (χ1n) is 7.67. The summed E-state index contributed by atoms with van der Waals surface area (Å²) in [6, 6.07) is 16.4. The van der Waals surface area contributed by atoms with Crippen LogP contribution in [0.2, 0.25) is 0 Å². The largest absolute Gasteiger partial charge is 0.457 e. The number of hydrogen-bond acceptors (Lipinski definition) is 6. The minimum atomic E-state index is -0.564. The predicted octanol–water partition coefficient (Wildman–Crippen LogP) is 3.95. The number of rotatable bonds is 5. The number of para-hydroxylation sites is 1. The van der Waals surface area contributed by atoms with Crippen LogP contribution >= 0.6 is 0 Å². The Labute approximate surface area is 144 Å². The zero-order valence-corrected chi connectivity index (χ0v) is 13.8. The Bertz CT molecular complexity index is 848. The summed E-state index contributed by atoms with van der Waals surface area (Å²) in [6.07, 6.45) is -0.564. The molecular formula is C18H17N3O4. The van der Waals surface area contributed by atoms with Gasteiger partial charge < -0.3 is 19.3 Å². The van der Waals surface area contributed by atoms with Gasteiger partial charge >= 0.3 is 6.09 Å². The van der Waals surface area contributed by atoms with Crippen molar-refractivity contribution in [3.8, 4) is 22.9 Å². The molecule has 7 nitrogen and oxygen atoms in total. The van der Waals surface area contributed by atoms with E-state index in [0.717, 1.165) is 11.3 Å². The summed E-state index contributed by atoms with van der Waals surface area (Å²) in [5.74, 6) is 2.10. The summed E-state index contributed by atoms with van der Waals surface area (Å²) >= 11 is 0. The van der Waals surface area contributed by atoms with E-state index in [2.05, 4.69) is 20.2 Å². The third kappa shape index (κ3) is 4.14. The van der Waals surface area contributed by atoms with Crippen LogP contribution in [0, 0.1) is 0 Å². The van der Waals surface area contributed by atoms with Crippen LogP contribution in [0.4, 0.5) is 4.79 Å². The fraction of sp³-hybridized carbons (Fsp3) is 0.167. The second kappa shape index (κ2) is 7.48. The van der Waals surface area contributed by atoms with Gasteiger partial charge in [-0.3, -0.25) is 0 Å². The highest BCUT2D eigenvalue weighted by molar-refractivity contribution is 5.67. The van der Waals surface area contributed by atoms with Crippen LogP contribution in [0.15, 0.2) is 59.1 Å². The van der Waals surface area contributed by atoms with Crippen molar-refractivity contribution in [2.24, 2.45) is 0 Å². The third-order valence-electron chi connectivity index (χ3n) is 3.40. The molecule has 0 saturated heterocycles. The van der Waals surface area contributed by atoms with Crippen LogP contribution in [0.5, 0.6) is 11.5 Å². The molecule has 2 aromatic carbocycles. The number of nitrogens with one attached hydrogen (secondary N) is 1. The van der Waals surface area contributed by atoms with Crippen molar-refractivity contribution in [2.45, 2.75) is 13.0 Å². The number of benzene rings is 2. The molecule has 0 aliphatic carbocycles. The molecule has 25 heavy (non-hydrogen) atoms. The number of alkyl carbamates (subject to hydrolysis) is 1. The Hall–Kier alpha value is -3.35.